The second kappa shape index (κ2) is 5.22. The van der Waals surface area contributed by atoms with Crippen molar-refractivity contribution in [3.63, 3.8) is 0 Å². The highest BCUT2D eigenvalue weighted by Gasteiger charge is 2.28. The highest BCUT2D eigenvalue weighted by molar-refractivity contribution is 5.44. The molecule has 0 radical (unpaired) electrons. The molecule has 0 saturated heterocycles. The van der Waals surface area contributed by atoms with Crippen LogP contribution in [-0.2, 0) is 6.42 Å². The van der Waals surface area contributed by atoms with Crippen LogP contribution < -0.4 is 4.74 Å². The average molecular weight is 280 g/mol. The summed E-state index contributed by atoms with van der Waals surface area (Å²) in [6, 6.07) is 11.2. The van der Waals surface area contributed by atoms with Crippen LogP contribution in [-0.4, -0.2) is 0 Å². The van der Waals surface area contributed by atoms with Crippen molar-refractivity contribution in [2.45, 2.75) is 47.1 Å². The minimum absolute atomic E-state index is 0.165. The molecule has 0 N–H and O–H groups in total. The van der Waals surface area contributed by atoms with E-state index in [1.165, 1.54) is 33.4 Å². The summed E-state index contributed by atoms with van der Waals surface area (Å²) in [5.74, 6) is 1.57. The van der Waals surface area contributed by atoms with E-state index < -0.39 is 0 Å². The largest absolute Gasteiger partial charge is 0.485 e. The van der Waals surface area contributed by atoms with E-state index in [2.05, 4.69) is 65.0 Å². The van der Waals surface area contributed by atoms with Crippen LogP contribution in [0.25, 0.3) is 0 Å². The van der Waals surface area contributed by atoms with Crippen molar-refractivity contribution in [2.24, 2.45) is 5.92 Å². The smallest absolute Gasteiger partial charge is 0.127 e. The number of ether oxygens (including phenoxy) is 1. The van der Waals surface area contributed by atoms with Crippen molar-refractivity contribution in [2.75, 3.05) is 0 Å². The maximum atomic E-state index is 6.38. The molecule has 3 rings (SSSR count). The van der Waals surface area contributed by atoms with Crippen molar-refractivity contribution in [3.8, 4) is 5.75 Å². The lowest BCUT2D eigenvalue weighted by Crippen LogP contribution is -2.24. The Balaban J connectivity index is 2.00. The van der Waals surface area contributed by atoms with Crippen molar-refractivity contribution in [1.29, 1.82) is 0 Å². The molecule has 2 aromatic carbocycles. The van der Waals surface area contributed by atoms with E-state index in [0.29, 0.717) is 5.92 Å². The number of aryl methyl sites for hydroxylation is 4. The van der Waals surface area contributed by atoms with Crippen molar-refractivity contribution < 1.29 is 4.74 Å². The lowest BCUT2D eigenvalue weighted by Gasteiger charge is -2.33. The van der Waals surface area contributed by atoms with Gasteiger partial charge in [-0.3, -0.25) is 0 Å². The molecule has 0 aromatic heterocycles. The average Bonchev–Trinajstić information content (AvgIpc) is 2.39. The second-order valence-corrected chi connectivity index (χ2v) is 6.69. The standard InChI is InChI=1S/C20H24O/c1-12-6-13(2)8-18(7-12)20-16(5)10-17-9-14(3)15(4)11-19(17)21-20/h6-9,11,16,20H,10H2,1-5H3. The van der Waals surface area contributed by atoms with Crippen LogP contribution >= 0.6 is 0 Å². The molecule has 2 atom stereocenters. The molecule has 1 aliphatic rings. The Hall–Kier alpha value is -1.76. The van der Waals surface area contributed by atoms with Gasteiger partial charge in [0.1, 0.15) is 11.9 Å². The Morgan fingerprint density at radius 1 is 0.857 bits per heavy atom. The minimum atomic E-state index is 0.165. The van der Waals surface area contributed by atoms with Gasteiger partial charge in [-0.05, 0) is 62.4 Å². The molecule has 110 valence electrons. The first-order valence-electron chi connectivity index (χ1n) is 7.79. The van der Waals surface area contributed by atoms with Gasteiger partial charge in [0.2, 0.25) is 0 Å². The van der Waals surface area contributed by atoms with E-state index >= 15 is 0 Å². The third-order valence-corrected chi connectivity index (χ3v) is 4.56. The Kier molecular flexibility index (Phi) is 3.52. The summed E-state index contributed by atoms with van der Waals surface area (Å²) in [6.07, 6.45) is 1.26. The van der Waals surface area contributed by atoms with Crippen molar-refractivity contribution in [1.82, 2.24) is 0 Å². The Labute approximate surface area is 128 Å². The first kappa shape index (κ1) is 14.2. The third kappa shape index (κ3) is 2.70. The second-order valence-electron chi connectivity index (χ2n) is 6.69. The molecular weight excluding hydrogens is 256 g/mol. The number of hydrogen-bond donors (Lipinski definition) is 0. The van der Waals surface area contributed by atoms with Gasteiger partial charge in [0.25, 0.3) is 0 Å². The summed E-state index contributed by atoms with van der Waals surface area (Å²) in [5.41, 5.74) is 7.95. The van der Waals surface area contributed by atoms with Crippen molar-refractivity contribution in [3.05, 3.63) is 63.7 Å². The van der Waals surface area contributed by atoms with Gasteiger partial charge in [-0.2, -0.15) is 0 Å². The predicted octanol–water partition coefficient (Wildman–Crippen LogP) is 5.23. The number of benzene rings is 2. The van der Waals surface area contributed by atoms with Crippen LogP contribution in [0.15, 0.2) is 30.3 Å². The molecule has 0 saturated carbocycles. The summed E-state index contributed by atoms with van der Waals surface area (Å²) >= 11 is 0. The molecule has 1 heterocycles. The van der Waals surface area contributed by atoms with E-state index in [9.17, 15) is 0 Å². The molecule has 2 aromatic rings. The molecule has 21 heavy (non-hydrogen) atoms. The Morgan fingerprint density at radius 3 is 2.14 bits per heavy atom. The lowest BCUT2D eigenvalue weighted by atomic mass is 9.86. The summed E-state index contributed by atoms with van der Waals surface area (Å²) in [4.78, 5) is 0. The molecule has 0 amide bonds. The van der Waals surface area contributed by atoms with E-state index in [1.54, 1.807) is 0 Å². The third-order valence-electron chi connectivity index (χ3n) is 4.56. The van der Waals surface area contributed by atoms with Crippen LogP contribution in [0.1, 0.15) is 46.4 Å². The van der Waals surface area contributed by atoms with Crippen LogP contribution in [0.4, 0.5) is 0 Å². The van der Waals surface area contributed by atoms with E-state index in [4.69, 9.17) is 4.74 Å². The van der Waals surface area contributed by atoms with E-state index in [0.717, 1.165) is 12.2 Å². The zero-order chi connectivity index (χ0) is 15.1. The molecule has 1 aliphatic heterocycles. The molecule has 1 nitrogen and oxygen atoms in total. The fourth-order valence-electron chi connectivity index (χ4n) is 3.40. The van der Waals surface area contributed by atoms with Gasteiger partial charge in [-0.25, -0.2) is 0 Å². The molecule has 0 aliphatic carbocycles. The highest BCUT2D eigenvalue weighted by Crippen LogP contribution is 2.40. The topological polar surface area (TPSA) is 9.23 Å². The molecule has 0 bridgehead atoms. The molecule has 1 heteroatoms. The molecule has 0 spiro atoms. The summed E-state index contributed by atoms with van der Waals surface area (Å²) < 4.78 is 6.38. The maximum Gasteiger partial charge on any atom is 0.127 e. The number of hydrogen-bond acceptors (Lipinski definition) is 1. The Morgan fingerprint density at radius 2 is 1.48 bits per heavy atom. The van der Waals surface area contributed by atoms with Gasteiger partial charge in [0.05, 0.1) is 0 Å². The SMILES string of the molecule is Cc1cc(C)cc(C2Oc3cc(C)c(C)cc3CC2C)c1. The normalized spacial score (nSPS) is 20.8. The highest BCUT2D eigenvalue weighted by atomic mass is 16.5. The van der Waals surface area contributed by atoms with Gasteiger partial charge in [0, 0.05) is 5.92 Å². The molecular formula is C20H24O. The van der Waals surface area contributed by atoms with Crippen LogP contribution in [0.2, 0.25) is 0 Å². The summed E-state index contributed by atoms with van der Waals surface area (Å²) in [6.45, 7) is 10.9. The minimum Gasteiger partial charge on any atom is -0.485 e. The van der Waals surface area contributed by atoms with Gasteiger partial charge in [0.15, 0.2) is 0 Å². The predicted molar refractivity (Wildman–Crippen MR) is 88.1 cm³/mol. The molecule has 2 unspecified atom stereocenters. The maximum absolute atomic E-state index is 6.38. The van der Waals surface area contributed by atoms with Gasteiger partial charge in [-0.1, -0.05) is 42.3 Å². The zero-order valence-corrected chi connectivity index (χ0v) is 13.7. The van der Waals surface area contributed by atoms with E-state index in [-0.39, 0.29) is 6.10 Å². The lowest BCUT2D eigenvalue weighted by molar-refractivity contribution is 0.123. The zero-order valence-electron chi connectivity index (χ0n) is 13.7. The fourth-order valence-corrected chi connectivity index (χ4v) is 3.40. The van der Waals surface area contributed by atoms with Gasteiger partial charge < -0.3 is 4.74 Å². The van der Waals surface area contributed by atoms with Crippen LogP contribution in [0, 0.1) is 33.6 Å². The molecule has 0 fully saturated rings. The summed E-state index contributed by atoms with van der Waals surface area (Å²) in [5, 5.41) is 0. The number of fused-ring (bicyclic) bond motifs is 1. The van der Waals surface area contributed by atoms with E-state index in [1.807, 2.05) is 0 Å². The van der Waals surface area contributed by atoms with Gasteiger partial charge in [-0.15, -0.1) is 0 Å². The fraction of sp³-hybridized carbons (Fsp3) is 0.400. The van der Waals surface area contributed by atoms with Crippen molar-refractivity contribution >= 4 is 0 Å². The summed E-state index contributed by atoms with van der Waals surface area (Å²) in [7, 11) is 0. The van der Waals surface area contributed by atoms with Crippen LogP contribution in [0.3, 0.4) is 0 Å². The van der Waals surface area contributed by atoms with Crippen LogP contribution in [0.5, 0.6) is 5.75 Å². The first-order chi connectivity index (χ1) is 9.94. The number of rotatable bonds is 1. The quantitative estimate of drug-likeness (QED) is 0.694. The first-order valence-corrected chi connectivity index (χ1v) is 7.79. The monoisotopic (exact) mass is 280 g/mol. The van der Waals surface area contributed by atoms with Gasteiger partial charge >= 0.3 is 0 Å². The Bertz CT molecular complexity index is 664.